The molecule has 82 valence electrons. The molecule has 1 nitrogen and oxygen atoms in total. The van der Waals surface area contributed by atoms with Crippen LogP contribution in [0, 0.1) is 18.6 Å². The number of halogens is 2. The average Bonchev–Trinajstić information content (AvgIpc) is 2.15. The summed E-state index contributed by atoms with van der Waals surface area (Å²) in [6.45, 7) is 1.92. The zero-order chi connectivity index (χ0) is 11.5. The SMILES string of the molecule is Cc1cccc(Oc2cc(F)cc(F)c2)c1. The number of ether oxygens (including phenoxy) is 1. The Bertz CT molecular complexity index is 489. The molecular formula is C13H10F2O. The van der Waals surface area contributed by atoms with Crippen molar-refractivity contribution in [1.82, 2.24) is 0 Å². The molecule has 0 radical (unpaired) electrons. The van der Waals surface area contributed by atoms with Gasteiger partial charge in [0.2, 0.25) is 0 Å². The first kappa shape index (κ1) is 10.6. The predicted octanol–water partition coefficient (Wildman–Crippen LogP) is 4.07. The van der Waals surface area contributed by atoms with E-state index in [-0.39, 0.29) is 5.75 Å². The van der Waals surface area contributed by atoms with Crippen LogP contribution in [0.4, 0.5) is 8.78 Å². The Hall–Kier alpha value is -1.90. The molecule has 0 aliphatic rings. The molecule has 0 aliphatic carbocycles. The summed E-state index contributed by atoms with van der Waals surface area (Å²) < 4.78 is 31.1. The molecule has 0 unspecified atom stereocenters. The van der Waals surface area contributed by atoms with Crippen LogP contribution in [-0.2, 0) is 0 Å². The lowest BCUT2D eigenvalue weighted by Crippen LogP contribution is -1.87. The van der Waals surface area contributed by atoms with Crippen LogP contribution in [0.3, 0.4) is 0 Å². The van der Waals surface area contributed by atoms with Gasteiger partial charge >= 0.3 is 0 Å². The van der Waals surface area contributed by atoms with Crippen LogP contribution in [0.1, 0.15) is 5.56 Å². The molecule has 0 aromatic heterocycles. The van der Waals surface area contributed by atoms with Crippen molar-refractivity contribution in [3.8, 4) is 11.5 Å². The van der Waals surface area contributed by atoms with Crippen molar-refractivity contribution in [2.24, 2.45) is 0 Å². The summed E-state index contributed by atoms with van der Waals surface area (Å²) in [5.74, 6) is -0.585. The summed E-state index contributed by atoms with van der Waals surface area (Å²) in [4.78, 5) is 0. The molecule has 0 fully saturated rings. The second kappa shape index (κ2) is 4.31. The van der Waals surface area contributed by atoms with Crippen LogP contribution in [0.2, 0.25) is 0 Å². The van der Waals surface area contributed by atoms with Gasteiger partial charge in [0.15, 0.2) is 0 Å². The van der Waals surface area contributed by atoms with Crippen molar-refractivity contribution in [2.45, 2.75) is 6.92 Å². The summed E-state index contributed by atoms with van der Waals surface area (Å²) in [6, 6.07) is 10.4. The van der Waals surface area contributed by atoms with Gasteiger partial charge in [0.05, 0.1) is 0 Å². The zero-order valence-corrected chi connectivity index (χ0v) is 8.71. The Labute approximate surface area is 92.3 Å². The van der Waals surface area contributed by atoms with E-state index in [4.69, 9.17) is 4.74 Å². The molecule has 0 aliphatic heterocycles. The molecule has 0 bridgehead atoms. The Morgan fingerprint density at radius 2 is 1.56 bits per heavy atom. The molecule has 0 atom stereocenters. The molecule has 2 aromatic carbocycles. The third-order valence-electron chi connectivity index (χ3n) is 2.06. The summed E-state index contributed by atoms with van der Waals surface area (Å²) in [7, 11) is 0. The van der Waals surface area contributed by atoms with Crippen LogP contribution in [0.15, 0.2) is 42.5 Å². The van der Waals surface area contributed by atoms with Gasteiger partial charge in [-0.15, -0.1) is 0 Å². The van der Waals surface area contributed by atoms with E-state index in [1.807, 2.05) is 19.1 Å². The molecule has 2 aromatic rings. The average molecular weight is 220 g/mol. The monoisotopic (exact) mass is 220 g/mol. The number of rotatable bonds is 2. The number of benzene rings is 2. The third-order valence-corrected chi connectivity index (χ3v) is 2.06. The minimum Gasteiger partial charge on any atom is -0.457 e. The molecule has 3 heteroatoms. The minimum atomic E-state index is -0.650. The van der Waals surface area contributed by atoms with Crippen molar-refractivity contribution >= 4 is 0 Å². The predicted molar refractivity (Wildman–Crippen MR) is 57.6 cm³/mol. The smallest absolute Gasteiger partial charge is 0.133 e. The zero-order valence-electron chi connectivity index (χ0n) is 8.71. The maximum Gasteiger partial charge on any atom is 0.133 e. The highest BCUT2D eigenvalue weighted by Gasteiger charge is 2.02. The Balaban J connectivity index is 2.27. The summed E-state index contributed by atoms with van der Waals surface area (Å²) >= 11 is 0. The van der Waals surface area contributed by atoms with E-state index in [1.54, 1.807) is 12.1 Å². The van der Waals surface area contributed by atoms with E-state index in [0.717, 1.165) is 23.8 Å². The lowest BCUT2D eigenvalue weighted by molar-refractivity contribution is 0.468. The van der Waals surface area contributed by atoms with Crippen LogP contribution in [-0.4, -0.2) is 0 Å². The van der Waals surface area contributed by atoms with Gasteiger partial charge in [0.1, 0.15) is 23.1 Å². The molecular weight excluding hydrogens is 210 g/mol. The fourth-order valence-electron chi connectivity index (χ4n) is 1.40. The fourth-order valence-corrected chi connectivity index (χ4v) is 1.40. The van der Waals surface area contributed by atoms with Crippen molar-refractivity contribution in [1.29, 1.82) is 0 Å². The molecule has 0 heterocycles. The lowest BCUT2D eigenvalue weighted by Gasteiger charge is -2.06. The normalized spacial score (nSPS) is 10.2. The minimum absolute atomic E-state index is 0.156. The lowest BCUT2D eigenvalue weighted by atomic mass is 10.2. The van der Waals surface area contributed by atoms with E-state index in [9.17, 15) is 8.78 Å². The standard InChI is InChI=1S/C13H10F2O/c1-9-3-2-4-12(5-9)16-13-7-10(14)6-11(15)8-13/h2-8H,1H3. The highest BCUT2D eigenvalue weighted by Crippen LogP contribution is 2.23. The Morgan fingerprint density at radius 1 is 0.875 bits per heavy atom. The Morgan fingerprint density at radius 3 is 2.19 bits per heavy atom. The van der Waals surface area contributed by atoms with E-state index < -0.39 is 11.6 Å². The van der Waals surface area contributed by atoms with Crippen LogP contribution < -0.4 is 4.74 Å². The second-order valence-corrected chi connectivity index (χ2v) is 3.52. The summed E-state index contributed by atoms with van der Waals surface area (Å²) in [5, 5.41) is 0. The van der Waals surface area contributed by atoms with Gasteiger partial charge in [-0.05, 0) is 24.6 Å². The van der Waals surface area contributed by atoms with Gasteiger partial charge in [-0.1, -0.05) is 12.1 Å². The molecule has 0 amide bonds. The van der Waals surface area contributed by atoms with E-state index in [0.29, 0.717) is 5.75 Å². The first-order chi connectivity index (χ1) is 7.63. The van der Waals surface area contributed by atoms with E-state index in [1.165, 1.54) is 0 Å². The number of hydrogen-bond acceptors (Lipinski definition) is 1. The molecule has 16 heavy (non-hydrogen) atoms. The van der Waals surface area contributed by atoms with Gasteiger partial charge in [-0.25, -0.2) is 8.78 Å². The second-order valence-electron chi connectivity index (χ2n) is 3.52. The van der Waals surface area contributed by atoms with Gasteiger partial charge < -0.3 is 4.74 Å². The highest BCUT2D eigenvalue weighted by atomic mass is 19.1. The summed E-state index contributed by atoms with van der Waals surface area (Å²) in [5.41, 5.74) is 1.02. The van der Waals surface area contributed by atoms with Crippen molar-refractivity contribution in [3.63, 3.8) is 0 Å². The summed E-state index contributed by atoms with van der Waals surface area (Å²) in [6.07, 6.45) is 0. The maximum atomic E-state index is 12.9. The number of aryl methyl sites for hydroxylation is 1. The van der Waals surface area contributed by atoms with Crippen LogP contribution in [0.5, 0.6) is 11.5 Å². The van der Waals surface area contributed by atoms with Crippen LogP contribution in [0.25, 0.3) is 0 Å². The third kappa shape index (κ3) is 2.57. The molecule has 0 N–H and O–H groups in total. The van der Waals surface area contributed by atoms with Crippen molar-refractivity contribution in [3.05, 3.63) is 59.7 Å². The number of hydrogen-bond donors (Lipinski definition) is 0. The van der Waals surface area contributed by atoms with Crippen molar-refractivity contribution < 1.29 is 13.5 Å². The quantitative estimate of drug-likeness (QED) is 0.741. The molecule has 0 saturated heterocycles. The van der Waals surface area contributed by atoms with E-state index >= 15 is 0 Å². The van der Waals surface area contributed by atoms with Gasteiger partial charge in [0, 0.05) is 18.2 Å². The van der Waals surface area contributed by atoms with Crippen molar-refractivity contribution in [2.75, 3.05) is 0 Å². The molecule has 0 spiro atoms. The van der Waals surface area contributed by atoms with Crippen LogP contribution >= 0.6 is 0 Å². The fraction of sp³-hybridized carbons (Fsp3) is 0.0769. The van der Waals surface area contributed by atoms with Gasteiger partial charge in [0.25, 0.3) is 0 Å². The van der Waals surface area contributed by atoms with E-state index in [2.05, 4.69) is 0 Å². The van der Waals surface area contributed by atoms with Gasteiger partial charge in [-0.2, -0.15) is 0 Å². The molecule has 2 rings (SSSR count). The van der Waals surface area contributed by atoms with Gasteiger partial charge in [-0.3, -0.25) is 0 Å². The molecule has 0 saturated carbocycles. The highest BCUT2D eigenvalue weighted by molar-refractivity contribution is 5.33. The largest absolute Gasteiger partial charge is 0.457 e. The topological polar surface area (TPSA) is 9.23 Å². The first-order valence-corrected chi connectivity index (χ1v) is 4.84. The maximum absolute atomic E-state index is 12.9. The first-order valence-electron chi connectivity index (χ1n) is 4.84. The Kier molecular flexibility index (Phi) is 2.86.